The lowest BCUT2D eigenvalue weighted by atomic mass is 10.0. The average molecular weight is 329 g/mol. The molecule has 21 heavy (non-hydrogen) atoms. The number of halogens is 2. The third-order valence-corrected chi connectivity index (χ3v) is 3.48. The van der Waals surface area contributed by atoms with Crippen LogP contribution in [0.3, 0.4) is 0 Å². The maximum absolute atomic E-state index is 7.61. The second-order valence-electron chi connectivity index (χ2n) is 4.66. The van der Waals surface area contributed by atoms with E-state index in [1.54, 1.807) is 5.01 Å². The number of fused-ring (bicyclic) bond motifs is 1. The van der Waals surface area contributed by atoms with E-state index in [4.69, 9.17) is 16.9 Å². The number of benzene rings is 1. The molecule has 0 bridgehead atoms. The minimum atomic E-state index is 0. The Morgan fingerprint density at radius 2 is 2.05 bits per heavy atom. The summed E-state index contributed by atoms with van der Waals surface area (Å²) in [7, 11) is 0. The highest BCUT2D eigenvalue weighted by molar-refractivity contribution is 6.08. The number of amidine groups is 1. The third-order valence-electron chi connectivity index (χ3n) is 3.48. The van der Waals surface area contributed by atoms with Gasteiger partial charge in [-0.05, 0) is 18.4 Å². The Morgan fingerprint density at radius 3 is 2.67 bits per heavy atom. The molecule has 2 aliphatic rings. The molecular weight excluding hydrogens is 311 g/mol. The van der Waals surface area contributed by atoms with Crippen LogP contribution in [-0.4, -0.2) is 35.6 Å². The van der Waals surface area contributed by atoms with E-state index in [0.29, 0.717) is 12.5 Å². The lowest BCUT2D eigenvalue weighted by Gasteiger charge is -2.12. The first-order chi connectivity index (χ1) is 9.16. The Hall–Kier alpha value is -1.79. The number of nitrogens with two attached hydrogens (primary N) is 2. The number of nitrogen functional groups attached to an aromatic ring is 1. The number of hydrazone groups is 1. The summed E-state index contributed by atoms with van der Waals surface area (Å²) < 4.78 is 0. The van der Waals surface area contributed by atoms with E-state index < -0.39 is 0 Å². The maximum Gasteiger partial charge on any atom is 0.212 e. The van der Waals surface area contributed by atoms with Crippen LogP contribution < -0.4 is 11.5 Å². The number of guanidine groups is 1. The number of hydrogen-bond donors (Lipinski definition) is 3. The van der Waals surface area contributed by atoms with Crippen molar-refractivity contribution in [3.05, 3.63) is 34.9 Å². The molecule has 5 N–H and O–H groups in total. The van der Waals surface area contributed by atoms with Gasteiger partial charge in [0.05, 0.1) is 18.8 Å². The SMILES string of the molecule is Cl.Cl.N=C(N)c1cccc2c1CC/C2=N\N1CCN=C1N. The Bertz CT molecular complexity index is 611. The van der Waals surface area contributed by atoms with Gasteiger partial charge in [0, 0.05) is 11.1 Å². The molecule has 0 unspecified atom stereocenters. The summed E-state index contributed by atoms with van der Waals surface area (Å²) in [5.74, 6) is 0.587. The van der Waals surface area contributed by atoms with Gasteiger partial charge in [0.2, 0.25) is 5.96 Å². The second kappa shape index (κ2) is 6.78. The molecule has 6 nitrogen and oxygen atoms in total. The van der Waals surface area contributed by atoms with E-state index in [0.717, 1.165) is 41.8 Å². The van der Waals surface area contributed by atoms with Gasteiger partial charge < -0.3 is 11.5 Å². The van der Waals surface area contributed by atoms with Gasteiger partial charge in [-0.15, -0.1) is 24.8 Å². The number of aliphatic imine (C=N–C) groups is 1. The normalized spacial score (nSPS) is 17.8. The molecule has 1 heterocycles. The van der Waals surface area contributed by atoms with E-state index in [-0.39, 0.29) is 30.6 Å². The summed E-state index contributed by atoms with van der Waals surface area (Å²) >= 11 is 0. The first-order valence-electron chi connectivity index (χ1n) is 6.28. The van der Waals surface area contributed by atoms with Crippen LogP contribution in [0.1, 0.15) is 23.1 Å². The van der Waals surface area contributed by atoms with E-state index in [2.05, 4.69) is 10.1 Å². The Balaban J connectivity index is 0.00000110. The number of rotatable bonds is 2. The van der Waals surface area contributed by atoms with Crippen LogP contribution in [0.25, 0.3) is 0 Å². The molecule has 0 amide bonds. The van der Waals surface area contributed by atoms with Crippen LogP contribution in [0.5, 0.6) is 0 Å². The lowest BCUT2D eigenvalue weighted by Crippen LogP contribution is -2.30. The van der Waals surface area contributed by atoms with Crippen LogP contribution in [0.4, 0.5) is 0 Å². The maximum atomic E-state index is 7.61. The van der Waals surface area contributed by atoms with E-state index in [9.17, 15) is 0 Å². The van der Waals surface area contributed by atoms with Gasteiger partial charge in [0.25, 0.3) is 0 Å². The molecule has 8 heteroatoms. The van der Waals surface area contributed by atoms with Crippen molar-refractivity contribution in [2.24, 2.45) is 21.6 Å². The van der Waals surface area contributed by atoms with Gasteiger partial charge in [-0.1, -0.05) is 18.2 Å². The van der Waals surface area contributed by atoms with Gasteiger partial charge in [-0.3, -0.25) is 5.41 Å². The highest BCUT2D eigenvalue weighted by Gasteiger charge is 2.23. The second-order valence-corrected chi connectivity index (χ2v) is 4.66. The highest BCUT2D eigenvalue weighted by atomic mass is 35.5. The fourth-order valence-corrected chi connectivity index (χ4v) is 2.56. The molecule has 1 aromatic carbocycles. The first kappa shape index (κ1) is 17.3. The standard InChI is InChI=1S/C13H16N6.2ClH/c14-12(15)10-3-1-2-9-8(10)4-5-11(9)18-19-7-6-17-13(19)16;;/h1-3H,4-7H2,(H3,14,15)(H2,16,17);2*1H/b18-11+;;. The van der Waals surface area contributed by atoms with Crippen LogP contribution in [-0.2, 0) is 6.42 Å². The molecule has 114 valence electrons. The molecule has 0 radical (unpaired) electrons. The summed E-state index contributed by atoms with van der Waals surface area (Å²) in [4.78, 5) is 4.12. The Kier molecular flexibility index (Phi) is 5.57. The van der Waals surface area contributed by atoms with Crippen LogP contribution in [0.15, 0.2) is 28.3 Å². The molecule has 0 saturated carbocycles. The fourth-order valence-electron chi connectivity index (χ4n) is 2.56. The van der Waals surface area contributed by atoms with Crippen molar-refractivity contribution >= 4 is 42.3 Å². The Morgan fingerprint density at radius 1 is 1.29 bits per heavy atom. The monoisotopic (exact) mass is 328 g/mol. The van der Waals surface area contributed by atoms with Gasteiger partial charge in [0.1, 0.15) is 5.84 Å². The molecule has 3 rings (SSSR count). The zero-order valence-electron chi connectivity index (χ0n) is 11.4. The molecule has 1 aromatic rings. The zero-order valence-corrected chi connectivity index (χ0v) is 13.0. The average Bonchev–Trinajstić information content (AvgIpc) is 2.97. The van der Waals surface area contributed by atoms with Crippen molar-refractivity contribution in [3.8, 4) is 0 Å². The minimum absolute atomic E-state index is 0. The van der Waals surface area contributed by atoms with Crippen LogP contribution >= 0.6 is 24.8 Å². The number of hydrogen-bond acceptors (Lipinski definition) is 5. The predicted molar refractivity (Wildman–Crippen MR) is 90.0 cm³/mol. The summed E-state index contributed by atoms with van der Waals surface area (Å²) in [5, 5.41) is 13.9. The van der Waals surface area contributed by atoms with Crippen LogP contribution in [0, 0.1) is 5.41 Å². The van der Waals surface area contributed by atoms with E-state index in [1.807, 2.05) is 18.2 Å². The van der Waals surface area contributed by atoms with Crippen molar-refractivity contribution in [2.45, 2.75) is 12.8 Å². The predicted octanol–water partition coefficient (Wildman–Crippen LogP) is 1.09. The molecule has 0 fully saturated rings. The number of nitrogens with one attached hydrogen (secondary N) is 1. The van der Waals surface area contributed by atoms with Gasteiger partial charge in [-0.25, -0.2) is 10.0 Å². The zero-order chi connectivity index (χ0) is 13.4. The largest absolute Gasteiger partial charge is 0.384 e. The van der Waals surface area contributed by atoms with Crippen molar-refractivity contribution in [1.29, 1.82) is 5.41 Å². The molecule has 1 aliphatic carbocycles. The molecule has 0 aromatic heterocycles. The molecule has 0 atom stereocenters. The number of nitrogens with zero attached hydrogens (tertiary/aromatic N) is 3. The van der Waals surface area contributed by atoms with Crippen molar-refractivity contribution in [2.75, 3.05) is 13.1 Å². The van der Waals surface area contributed by atoms with Crippen LogP contribution in [0.2, 0.25) is 0 Å². The summed E-state index contributed by atoms with van der Waals surface area (Å²) in [6.07, 6.45) is 1.72. The Labute approximate surface area is 135 Å². The molecule has 0 spiro atoms. The third kappa shape index (κ3) is 3.11. The van der Waals surface area contributed by atoms with Gasteiger partial charge in [0.15, 0.2) is 0 Å². The minimum Gasteiger partial charge on any atom is -0.384 e. The van der Waals surface area contributed by atoms with Crippen molar-refractivity contribution in [3.63, 3.8) is 0 Å². The fraction of sp³-hybridized carbons (Fsp3) is 0.308. The van der Waals surface area contributed by atoms with Gasteiger partial charge >= 0.3 is 0 Å². The highest BCUT2D eigenvalue weighted by Crippen LogP contribution is 2.26. The quantitative estimate of drug-likeness (QED) is 0.559. The lowest BCUT2D eigenvalue weighted by molar-refractivity contribution is 0.483. The molecule has 0 saturated heterocycles. The van der Waals surface area contributed by atoms with Crippen molar-refractivity contribution in [1.82, 2.24) is 5.01 Å². The van der Waals surface area contributed by atoms with Gasteiger partial charge in [-0.2, -0.15) is 5.10 Å². The smallest absolute Gasteiger partial charge is 0.212 e. The van der Waals surface area contributed by atoms with Crippen molar-refractivity contribution < 1.29 is 0 Å². The summed E-state index contributed by atoms with van der Waals surface area (Å²) in [5.41, 5.74) is 15.4. The molecule has 1 aliphatic heterocycles. The summed E-state index contributed by atoms with van der Waals surface area (Å²) in [6, 6.07) is 5.82. The van der Waals surface area contributed by atoms with E-state index >= 15 is 0 Å². The van der Waals surface area contributed by atoms with E-state index in [1.165, 1.54) is 0 Å². The molecular formula is C13H18Cl2N6. The topological polar surface area (TPSA) is 104 Å². The first-order valence-corrected chi connectivity index (χ1v) is 6.28. The summed E-state index contributed by atoms with van der Waals surface area (Å²) in [6.45, 7) is 1.43.